The zero-order valence-electron chi connectivity index (χ0n) is 11.7. The lowest BCUT2D eigenvalue weighted by molar-refractivity contribution is -0.122. The number of amides is 1. The standard InChI is InChI=1S/C13H17BrN6O/c1-2-16-12(21)10-8-15-5-7-19(10)13-17-11-9(14)4-3-6-20(11)18-13/h3-4,6,10,15H,2,5,7-8H2,1H3,(H,16,21). The van der Waals surface area contributed by atoms with Gasteiger partial charge in [-0.1, -0.05) is 0 Å². The fourth-order valence-electron chi connectivity index (χ4n) is 2.45. The van der Waals surface area contributed by atoms with E-state index in [1.54, 1.807) is 4.52 Å². The van der Waals surface area contributed by atoms with Crippen LogP contribution < -0.4 is 15.5 Å². The van der Waals surface area contributed by atoms with E-state index < -0.39 is 0 Å². The molecule has 1 fully saturated rings. The van der Waals surface area contributed by atoms with E-state index >= 15 is 0 Å². The summed E-state index contributed by atoms with van der Waals surface area (Å²) in [4.78, 5) is 18.7. The maximum atomic E-state index is 12.2. The summed E-state index contributed by atoms with van der Waals surface area (Å²) in [6, 6.07) is 3.54. The number of rotatable bonds is 3. The number of carbonyl (C=O) groups is 1. The Bertz CT molecular complexity index is 657. The topological polar surface area (TPSA) is 74.6 Å². The van der Waals surface area contributed by atoms with Crippen molar-refractivity contribution in [1.29, 1.82) is 0 Å². The summed E-state index contributed by atoms with van der Waals surface area (Å²) < 4.78 is 2.60. The molecule has 1 atom stereocenters. The summed E-state index contributed by atoms with van der Waals surface area (Å²) in [5.74, 6) is 0.585. The van der Waals surface area contributed by atoms with Crippen molar-refractivity contribution in [3.8, 4) is 0 Å². The first-order valence-electron chi connectivity index (χ1n) is 6.96. The fraction of sp³-hybridized carbons (Fsp3) is 0.462. The molecule has 2 N–H and O–H groups in total. The zero-order chi connectivity index (χ0) is 14.8. The minimum Gasteiger partial charge on any atom is -0.355 e. The average Bonchev–Trinajstić information content (AvgIpc) is 2.93. The van der Waals surface area contributed by atoms with Gasteiger partial charge in [-0.3, -0.25) is 4.79 Å². The van der Waals surface area contributed by atoms with E-state index in [-0.39, 0.29) is 11.9 Å². The van der Waals surface area contributed by atoms with Crippen molar-refractivity contribution < 1.29 is 4.79 Å². The molecule has 112 valence electrons. The van der Waals surface area contributed by atoms with Crippen molar-refractivity contribution in [3.63, 3.8) is 0 Å². The molecular weight excluding hydrogens is 336 g/mol. The van der Waals surface area contributed by atoms with Crippen LogP contribution in [-0.2, 0) is 4.79 Å². The van der Waals surface area contributed by atoms with Gasteiger partial charge in [-0.2, -0.15) is 4.98 Å². The number of hydrogen-bond acceptors (Lipinski definition) is 5. The molecule has 0 spiro atoms. The fourth-order valence-corrected chi connectivity index (χ4v) is 2.88. The lowest BCUT2D eigenvalue weighted by Gasteiger charge is -2.34. The Kier molecular flexibility index (Phi) is 4.07. The molecule has 0 radical (unpaired) electrons. The van der Waals surface area contributed by atoms with Crippen LogP contribution in [0.3, 0.4) is 0 Å². The Labute approximate surface area is 130 Å². The second-order valence-electron chi connectivity index (χ2n) is 4.84. The molecule has 8 heteroatoms. The SMILES string of the molecule is CCNC(=O)C1CNCCN1c1nc2c(Br)cccn2n1. The Morgan fingerprint density at radius 2 is 2.48 bits per heavy atom. The van der Waals surface area contributed by atoms with Gasteiger partial charge in [0.2, 0.25) is 11.9 Å². The number of halogens is 1. The van der Waals surface area contributed by atoms with E-state index in [0.29, 0.717) is 25.6 Å². The molecule has 1 amide bonds. The molecule has 1 saturated heterocycles. The van der Waals surface area contributed by atoms with Crippen LogP contribution in [0.15, 0.2) is 22.8 Å². The number of anilines is 1. The first-order chi connectivity index (χ1) is 10.2. The van der Waals surface area contributed by atoms with E-state index in [2.05, 4.69) is 36.6 Å². The second-order valence-corrected chi connectivity index (χ2v) is 5.70. The van der Waals surface area contributed by atoms with E-state index in [0.717, 1.165) is 16.7 Å². The summed E-state index contributed by atoms with van der Waals surface area (Å²) in [6.07, 6.45) is 1.85. The van der Waals surface area contributed by atoms with Crippen LogP contribution in [0.2, 0.25) is 0 Å². The van der Waals surface area contributed by atoms with Gasteiger partial charge in [0.15, 0.2) is 5.65 Å². The maximum Gasteiger partial charge on any atom is 0.246 e. The van der Waals surface area contributed by atoms with Crippen molar-refractivity contribution in [3.05, 3.63) is 22.8 Å². The van der Waals surface area contributed by atoms with Crippen LogP contribution in [0.4, 0.5) is 5.95 Å². The molecular formula is C13H17BrN6O. The van der Waals surface area contributed by atoms with Crippen LogP contribution in [0, 0.1) is 0 Å². The molecule has 0 aliphatic carbocycles. The molecule has 7 nitrogen and oxygen atoms in total. The Balaban J connectivity index is 1.94. The number of pyridine rings is 1. The minimum absolute atomic E-state index is 0.00243. The van der Waals surface area contributed by atoms with Gasteiger partial charge in [0, 0.05) is 32.4 Å². The van der Waals surface area contributed by atoms with Gasteiger partial charge in [0.1, 0.15) is 6.04 Å². The molecule has 0 bridgehead atoms. The molecule has 1 aliphatic rings. The van der Waals surface area contributed by atoms with Gasteiger partial charge in [-0.25, -0.2) is 4.52 Å². The highest BCUT2D eigenvalue weighted by Gasteiger charge is 2.31. The summed E-state index contributed by atoms with van der Waals surface area (Å²) in [6.45, 7) is 4.65. The highest BCUT2D eigenvalue weighted by molar-refractivity contribution is 9.10. The van der Waals surface area contributed by atoms with Crippen molar-refractivity contribution in [2.75, 3.05) is 31.1 Å². The van der Waals surface area contributed by atoms with Crippen LogP contribution in [0.5, 0.6) is 0 Å². The Morgan fingerprint density at radius 1 is 1.62 bits per heavy atom. The molecule has 0 aromatic carbocycles. The smallest absolute Gasteiger partial charge is 0.246 e. The third-order valence-corrected chi connectivity index (χ3v) is 4.08. The molecule has 3 rings (SSSR count). The van der Waals surface area contributed by atoms with Crippen LogP contribution in [0.25, 0.3) is 5.65 Å². The zero-order valence-corrected chi connectivity index (χ0v) is 13.3. The number of hydrogen-bond donors (Lipinski definition) is 2. The third-order valence-electron chi connectivity index (χ3n) is 3.46. The molecule has 1 unspecified atom stereocenters. The number of nitrogens with zero attached hydrogens (tertiary/aromatic N) is 4. The first-order valence-corrected chi connectivity index (χ1v) is 7.76. The summed E-state index contributed by atoms with van der Waals surface area (Å²) in [5.41, 5.74) is 0.751. The molecule has 1 aliphatic heterocycles. The largest absolute Gasteiger partial charge is 0.355 e. The quantitative estimate of drug-likeness (QED) is 0.836. The summed E-state index contributed by atoms with van der Waals surface area (Å²) >= 11 is 3.47. The van der Waals surface area contributed by atoms with Gasteiger partial charge in [-0.05, 0) is 35.0 Å². The van der Waals surface area contributed by atoms with Crippen molar-refractivity contribution in [2.24, 2.45) is 0 Å². The predicted molar refractivity (Wildman–Crippen MR) is 83.4 cm³/mol. The lowest BCUT2D eigenvalue weighted by atomic mass is 10.2. The molecule has 2 aromatic heterocycles. The number of nitrogens with one attached hydrogen (secondary N) is 2. The average molecular weight is 353 g/mol. The Morgan fingerprint density at radius 3 is 3.24 bits per heavy atom. The number of carbonyl (C=O) groups excluding carboxylic acids is 1. The van der Waals surface area contributed by atoms with Gasteiger partial charge in [0.25, 0.3) is 0 Å². The van der Waals surface area contributed by atoms with E-state index in [4.69, 9.17) is 0 Å². The maximum absolute atomic E-state index is 12.2. The van der Waals surface area contributed by atoms with Crippen LogP contribution in [0.1, 0.15) is 6.92 Å². The molecule has 2 aromatic rings. The van der Waals surface area contributed by atoms with E-state index in [1.807, 2.05) is 30.2 Å². The molecule has 21 heavy (non-hydrogen) atoms. The first kappa shape index (κ1) is 14.3. The number of likely N-dealkylation sites (N-methyl/N-ethyl adjacent to an activating group) is 1. The highest BCUT2D eigenvalue weighted by atomic mass is 79.9. The predicted octanol–water partition coefficient (Wildman–Crippen LogP) is 0.406. The van der Waals surface area contributed by atoms with E-state index in [1.165, 1.54) is 0 Å². The minimum atomic E-state index is -0.283. The summed E-state index contributed by atoms with van der Waals surface area (Å²) in [5, 5.41) is 10.6. The Hall–Kier alpha value is -1.67. The van der Waals surface area contributed by atoms with Crippen molar-refractivity contribution >= 4 is 33.4 Å². The van der Waals surface area contributed by atoms with Gasteiger partial charge < -0.3 is 15.5 Å². The molecule has 0 saturated carbocycles. The highest BCUT2D eigenvalue weighted by Crippen LogP contribution is 2.20. The summed E-state index contributed by atoms with van der Waals surface area (Å²) in [7, 11) is 0. The third kappa shape index (κ3) is 2.73. The lowest BCUT2D eigenvalue weighted by Crippen LogP contribution is -2.58. The van der Waals surface area contributed by atoms with Crippen LogP contribution in [-0.4, -0.2) is 52.7 Å². The molecule has 3 heterocycles. The van der Waals surface area contributed by atoms with Crippen molar-refractivity contribution in [2.45, 2.75) is 13.0 Å². The van der Waals surface area contributed by atoms with Gasteiger partial charge in [-0.15, -0.1) is 5.10 Å². The normalized spacial score (nSPS) is 19.0. The monoisotopic (exact) mass is 352 g/mol. The van der Waals surface area contributed by atoms with Crippen LogP contribution >= 0.6 is 15.9 Å². The second kappa shape index (κ2) is 5.98. The number of aromatic nitrogens is 3. The van der Waals surface area contributed by atoms with Crippen molar-refractivity contribution in [1.82, 2.24) is 25.2 Å². The number of piperazine rings is 1. The number of fused-ring (bicyclic) bond motifs is 1. The van der Waals surface area contributed by atoms with Gasteiger partial charge in [0.05, 0.1) is 4.47 Å². The van der Waals surface area contributed by atoms with Gasteiger partial charge >= 0.3 is 0 Å². The van der Waals surface area contributed by atoms with E-state index in [9.17, 15) is 4.79 Å².